The molecule has 2 N–H and O–H groups in total. The lowest BCUT2D eigenvalue weighted by Crippen LogP contribution is -2.16. The van der Waals surface area contributed by atoms with E-state index in [1.165, 1.54) is 29.2 Å². The summed E-state index contributed by atoms with van der Waals surface area (Å²) in [5, 5.41) is 0.268. The predicted molar refractivity (Wildman–Crippen MR) is 135 cm³/mol. The third kappa shape index (κ3) is 7.34. The Morgan fingerprint density at radius 1 is 0.919 bits per heavy atom. The van der Waals surface area contributed by atoms with Crippen molar-refractivity contribution in [1.29, 1.82) is 0 Å². The van der Waals surface area contributed by atoms with Gasteiger partial charge < -0.3 is 24.7 Å². The Kier molecular flexibility index (Phi) is 9.70. The summed E-state index contributed by atoms with van der Waals surface area (Å²) < 4.78 is 35.4. The van der Waals surface area contributed by atoms with Crippen LogP contribution in [0.3, 0.4) is 0 Å². The highest BCUT2D eigenvalue weighted by atomic mass is 35.5. The van der Waals surface area contributed by atoms with Crippen LogP contribution in [0, 0.1) is 5.82 Å². The number of nitrogen functional groups attached to an aromatic ring is 1. The van der Waals surface area contributed by atoms with Crippen LogP contribution < -0.4 is 20.1 Å². The van der Waals surface area contributed by atoms with Crippen LogP contribution in [0.5, 0.6) is 11.5 Å². The van der Waals surface area contributed by atoms with Crippen LogP contribution in [0.1, 0.15) is 13.8 Å². The first-order valence-corrected chi connectivity index (χ1v) is 11.7. The summed E-state index contributed by atoms with van der Waals surface area (Å²) in [6.45, 7) is 3.11. The van der Waals surface area contributed by atoms with E-state index in [9.17, 15) is 14.0 Å². The van der Waals surface area contributed by atoms with Gasteiger partial charge >= 0.3 is 11.9 Å². The molecule has 0 spiro atoms. The average molecular weight is 553 g/mol. The molecule has 0 aliphatic heterocycles. The Bertz CT molecular complexity index is 1210. The van der Waals surface area contributed by atoms with Gasteiger partial charge in [-0.25, -0.2) is 19.0 Å². The van der Waals surface area contributed by atoms with Crippen LogP contribution >= 0.6 is 23.2 Å². The number of nitrogens with zero attached hydrogens (tertiary/aromatic N) is 3. The summed E-state index contributed by atoms with van der Waals surface area (Å²) >= 11 is 12.8. The molecule has 0 aliphatic carbocycles. The average Bonchev–Trinajstić information content (AvgIpc) is 2.85. The third-order valence-electron chi connectivity index (χ3n) is 4.61. The molecule has 0 saturated carbocycles. The van der Waals surface area contributed by atoms with E-state index in [0.29, 0.717) is 11.4 Å². The lowest BCUT2D eigenvalue weighted by molar-refractivity contribution is -0.146. The fraction of sp³-hybridized carbons (Fsp3) is 0.250. The first kappa shape index (κ1) is 27.8. The molecule has 0 unspecified atom stereocenters. The molecule has 1 aromatic heterocycles. The van der Waals surface area contributed by atoms with Gasteiger partial charge in [0.05, 0.1) is 29.5 Å². The van der Waals surface area contributed by atoms with Gasteiger partial charge in [0.25, 0.3) is 0 Å². The third-order valence-corrected chi connectivity index (χ3v) is 5.20. The van der Waals surface area contributed by atoms with E-state index in [0.717, 1.165) is 6.20 Å². The van der Waals surface area contributed by atoms with Crippen molar-refractivity contribution in [3.8, 4) is 11.5 Å². The minimum atomic E-state index is -0.772. The van der Waals surface area contributed by atoms with E-state index in [4.69, 9.17) is 47.9 Å². The molecule has 0 saturated heterocycles. The SMILES string of the molecule is CCOC(=O)COc1ccc(N(c2ccc(OCC(=O)OCC)c(Cl)c2)c2nc(N)ncc2F)cc1Cl. The van der Waals surface area contributed by atoms with Gasteiger partial charge in [0, 0.05) is 11.4 Å². The van der Waals surface area contributed by atoms with Crippen molar-refractivity contribution in [3.05, 3.63) is 58.5 Å². The lowest BCUT2D eigenvalue weighted by Gasteiger charge is -2.25. The number of aromatic nitrogens is 2. The van der Waals surface area contributed by atoms with E-state index >= 15 is 0 Å². The van der Waals surface area contributed by atoms with E-state index in [2.05, 4.69) is 9.97 Å². The maximum atomic E-state index is 14.9. The Labute approximate surface area is 222 Å². The van der Waals surface area contributed by atoms with Crippen molar-refractivity contribution >= 4 is 58.3 Å². The fourth-order valence-electron chi connectivity index (χ4n) is 3.09. The molecule has 1 heterocycles. The molecule has 0 fully saturated rings. The Balaban J connectivity index is 1.97. The fourth-order valence-corrected chi connectivity index (χ4v) is 3.55. The van der Waals surface area contributed by atoms with Crippen LogP contribution in [-0.4, -0.2) is 48.3 Å². The Hall–Kier alpha value is -3.83. The van der Waals surface area contributed by atoms with Gasteiger partial charge in [-0.05, 0) is 50.2 Å². The molecule has 37 heavy (non-hydrogen) atoms. The number of carbonyl (C=O) groups excluding carboxylic acids is 2. The standard InChI is InChI=1S/C24H23Cl2FN4O6/c1-3-34-21(32)12-36-19-7-5-14(9-16(19)25)31(23-18(27)11-29-24(28)30-23)15-6-8-20(17(26)10-15)37-13-22(33)35-4-2/h5-11H,3-4,12-13H2,1-2H3,(H2,28,29,30). The molecular weight excluding hydrogens is 530 g/mol. The Morgan fingerprint density at radius 2 is 1.41 bits per heavy atom. The molecule has 3 rings (SSSR count). The van der Waals surface area contributed by atoms with Gasteiger partial charge in [0.2, 0.25) is 5.95 Å². The second-order valence-electron chi connectivity index (χ2n) is 7.15. The molecular formula is C24H23Cl2FN4O6. The molecule has 0 bridgehead atoms. The monoisotopic (exact) mass is 552 g/mol. The van der Waals surface area contributed by atoms with E-state index in [1.807, 2.05) is 0 Å². The van der Waals surface area contributed by atoms with Crippen molar-refractivity contribution in [2.45, 2.75) is 13.8 Å². The van der Waals surface area contributed by atoms with E-state index < -0.39 is 17.8 Å². The summed E-state index contributed by atoms with van der Waals surface area (Å²) in [6.07, 6.45) is 0.932. The number of nitrogens with two attached hydrogens (primary N) is 1. The molecule has 2 aromatic carbocycles. The van der Waals surface area contributed by atoms with Gasteiger partial charge in [-0.15, -0.1) is 0 Å². The number of rotatable bonds is 11. The molecule has 3 aromatic rings. The van der Waals surface area contributed by atoms with Crippen molar-refractivity contribution in [2.75, 3.05) is 37.1 Å². The molecule has 0 atom stereocenters. The molecule has 13 heteroatoms. The number of halogens is 3. The smallest absolute Gasteiger partial charge is 0.344 e. The summed E-state index contributed by atoms with van der Waals surface area (Å²) in [5.41, 5.74) is 6.44. The van der Waals surface area contributed by atoms with E-state index in [1.54, 1.807) is 26.0 Å². The molecule has 0 radical (unpaired) electrons. The maximum Gasteiger partial charge on any atom is 0.344 e. The lowest BCUT2D eigenvalue weighted by atomic mass is 10.2. The largest absolute Gasteiger partial charge is 0.480 e. The van der Waals surface area contributed by atoms with Crippen molar-refractivity contribution in [1.82, 2.24) is 9.97 Å². The molecule has 0 aliphatic rings. The van der Waals surface area contributed by atoms with Gasteiger partial charge in [-0.1, -0.05) is 23.2 Å². The first-order chi connectivity index (χ1) is 17.7. The van der Waals surface area contributed by atoms with Gasteiger partial charge in [0.15, 0.2) is 24.8 Å². The molecule has 0 amide bonds. The summed E-state index contributed by atoms with van der Waals surface area (Å²) in [5.74, 6) is -1.80. The number of ether oxygens (including phenoxy) is 4. The molecule has 10 nitrogen and oxygen atoms in total. The number of carbonyl (C=O) groups is 2. The highest BCUT2D eigenvalue weighted by Gasteiger charge is 2.22. The zero-order valence-corrected chi connectivity index (χ0v) is 21.4. The zero-order chi connectivity index (χ0) is 26.9. The highest BCUT2D eigenvalue weighted by Crippen LogP contribution is 2.40. The number of esters is 2. The van der Waals surface area contributed by atoms with Crippen molar-refractivity contribution < 1.29 is 32.9 Å². The van der Waals surface area contributed by atoms with Crippen molar-refractivity contribution in [2.24, 2.45) is 0 Å². The minimum Gasteiger partial charge on any atom is -0.480 e. The summed E-state index contributed by atoms with van der Waals surface area (Å²) in [6, 6.07) is 9.12. The van der Waals surface area contributed by atoms with Crippen molar-refractivity contribution in [3.63, 3.8) is 0 Å². The van der Waals surface area contributed by atoms with Crippen LogP contribution in [0.15, 0.2) is 42.6 Å². The van der Waals surface area contributed by atoms with Gasteiger partial charge in [0.1, 0.15) is 11.5 Å². The summed E-state index contributed by atoms with van der Waals surface area (Å²) in [4.78, 5) is 32.3. The Morgan fingerprint density at radius 3 is 1.84 bits per heavy atom. The first-order valence-electron chi connectivity index (χ1n) is 11.0. The quantitative estimate of drug-likeness (QED) is 0.329. The second kappa shape index (κ2) is 12.9. The van der Waals surface area contributed by atoms with Crippen LogP contribution in [0.25, 0.3) is 0 Å². The van der Waals surface area contributed by atoms with Crippen LogP contribution in [-0.2, 0) is 19.1 Å². The maximum absolute atomic E-state index is 14.9. The zero-order valence-electron chi connectivity index (χ0n) is 19.9. The second-order valence-corrected chi connectivity index (χ2v) is 7.97. The summed E-state index contributed by atoms with van der Waals surface area (Å²) in [7, 11) is 0. The minimum absolute atomic E-state index is 0.134. The number of anilines is 4. The normalized spacial score (nSPS) is 10.5. The van der Waals surface area contributed by atoms with Gasteiger partial charge in [-0.3, -0.25) is 4.90 Å². The molecule has 196 valence electrons. The number of hydrogen-bond donors (Lipinski definition) is 1. The van der Waals surface area contributed by atoms with Crippen LogP contribution in [0.4, 0.5) is 27.5 Å². The predicted octanol–water partition coefficient (Wildman–Crippen LogP) is 4.86. The number of hydrogen-bond acceptors (Lipinski definition) is 10. The van der Waals surface area contributed by atoms with Gasteiger partial charge in [-0.2, -0.15) is 4.98 Å². The topological polar surface area (TPSA) is 126 Å². The van der Waals surface area contributed by atoms with E-state index in [-0.39, 0.29) is 59.7 Å². The number of benzene rings is 2. The van der Waals surface area contributed by atoms with Crippen LogP contribution in [0.2, 0.25) is 10.0 Å². The highest BCUT2D eigenvalue weighted by molar-refractivity contribution is 6.33.